The fourth-order valence-electron chi connectivity index (χ4n) is 8.15. The predicted octanol–water partition coefficient (Wildman–Crippen LogP) is 13.7. The second-order valence-electron chi connectivity index (χ2n) is 13.7. The molecule has 0 fully saturated rings. The van der Waals surface area contributed by atoms with Crippen LogP contribution in [0.4, 0.5) is 0 Å². The van der Waals surface area contributed by atoms with Crippen molar-refractivity contribution in [3.8, 4) is 44.5 Å². The summed E-state index contributed by atoms with van der Waals surface area (Å²) in [6.45, 7) is 4.73. The minimum atomic E-state index is -0.0226. The van der Waals surface area contributed by atoms with Crippen molar-refractivity contribution in [2.75, 3.05) is 0 Å². The molecule has 8 aromatic carbocycles. The van der Waals surface area contributed by atoms with E-state index in [4.69, 9.17) is 0 Å². The lowest BCUT2D eigenvalue weighted by molar-refractivity contribution is 0.661. The molecule has 0 saturated heterocycles. The van der Waals surface area contributed by atoms with E-state index in [-0.39, 0.29) is 5.41 Å². The zero-order valence-electron chi connectivity index (χ0n) is 26.9. The Balaban J connectivity index is 1.07. The molecule has 0 amide bonds. The number of thiophene rings is 1. The lowest BCUT2D eigenvalue weighted by atomic mass is 9.81. The Morgan fingerprint density at radius 2 is 0.979 bits per heavy atom. The van der Waals surface area contributed by atoms with Gasteiger partial charge in [-0.05, 0) is 114 Å². The third kappa shape index (κ3) is 4.08. The Morgan fingerprint density at radius 3 is 1.83 bits per heavy atom. The molecule has 0 bridgehead atoms. The number of hydrogen-bond donors (Lipinski definition) is 0. The van der Waals surface area contributed by atoms with Crippen LogP contribution in [0.1, 0.15) is 25.0 Å². The minimum Gasteiger partial charge on any atom is -0.135 e. The first kappa shape index (κ1) is 27.6. The van der Waals surface area contributed by atoms with E-state index in [1.165, 1.54) is 97.4 Å². The zero-order chi connectivity index (χ0) is 32.0. The van der Waals surface area contributed by atoms with Crippen LogP contribution >= 0.6 is 11.3 Å². The van der Waals surface area contributed by atoms with Gasteiger partial charge in [-0.1, -0.05) is 135 Å². The van der Waals surface area contributed by atoms with E-state index >= 15 is 0 Å². The van der Waals surface area contributed by atoms with Crippen molar-refractivity contribution in [2.24, 2.45) is 0 Å². The summed E-state index contributed by atoms with van der Waals surface area (Å²) in [5, 5.41) is 7.88. The average Bonchev–Trinajstić information content (AvgIpc) is 3.63. The molecular weight excluding hydrogens is 597 g/mol. The van der Waals surface area contributed by atoms with Crippen molar-refractivity contribution in [2.45, 2.75) is 19.3 Å². The van der Waals surface area contributed by atoms with Gasteiger partial charge in [-0.15, -0.1) is 11.3 Å². The molecule has 0 atom stereocenters. The third-order valence-electron chi connectivity index (χ3n) is 10.6. The second kappa shape index (κ2) is 10.2. The minimum absolute atomic E-state index is 0.0226. The molecule has 0 radical (unpaired) electrons. The van der Waals surface area contributed by atoms with Gasteiger partial charge in [0, 0.05) is 25.6 Å². The van der Waals surface area contributed by atoms with E-state index in [9.17, 15) is 0 Å². The van der Waals surface area contributed by atoms with Gasteiger partial charge in [-0.3, -0.25) is 0 Å². The molecule has 1 aliphatic carbocycles. The van der Waals surface area contributed by atoms with E-state index in [1.54, 1.807) is 0 Å². The van der Waals surface area contributed by atoms with Gasteiger partial charge >= 0.3 is 0 Å². The van der Waals surface area contributed by atoms with Crippen LogP contribution in [0.2, 0.25) is 0 Å². The fraction of sp³-hybridized carbons (Fsp3) is 0.0638. The second-order valence-corrected chi connectivity index (χ2v) is 14.8. The summed E-state index contributed by atoms with van der Waals surface area (Å²) in [6, 6.07) is 58.8. The van der Waals surface area contributed by atoms with Crippen molar-refractivity contribution >= 4 is 53.1 Å². The van der Waals surface area contributed by atoms with Crippen LogP contribution in [-0.4, -0.2) is 0 Å². The first-order valence-corrected chi connectivity index (χ1v) is 17.6. The fourth-order valence-corrected chi connectivity index (χ4v) is 9.39. The summed E-state index contributed by atoms with van der Waals surface area (Å²) < 4.78 is 2.69. The Labute approximate surface area is 284 Å². The van der Waals surface area contributed by atoms with Crippen molar-refractivity contribution in [1.29, 1.82) is 0 Å². The van der Waals surface area contributed by atoms with Gasteiger partial charge in [0.05, 0.1) is 0 Å². The molecule has 0 aliphatic heterocycles. The number of fused-ring (bicyclic) bond motifs is 9. The molecule has 226 valence electrons. The van der Waals surface area contributed by atoms with Crippen molar-refractivity contribution in [3.05, 3.63) is 169 Å². The van der Waals surface area contributed by atoms with Crippen LogP contribution in [-0.2, 0) is 5.41 Å². The Kier molecular flexibility index (Phi) is 5.89. The summed E-state index contributed by atoms with van der Waals surface area (Å²) in [6.07, 6.45) is 0. The summed E-state index contributed by atoms with van der Waals surface area (Å²) in [7, 11) is 0. The van der Waals surface area contributed by atoms with Gasteiger partial charge in [-0.25, -0.2) is 0 Å². The average molecular weight is 629 g/mol. The van der Waals surface area contributed by atoms with Gasteiger partial charge in [0.2, 0.25) is 0 Å². The van der Waals surface area contributed by atoms with Crippen molar-refractivity contribution in [3.63, 3.8) is 0 Å². The molecule has 0 N–H and O–H groups in total. The van der Waals surface area contributed by atoms with Crippen LogP contribution in [0.3, 0.4) is 0 Å². The SMILES string of the molecule is CC1(C)c2ccccc2-c2cc3ccc4ccc(-c5cccc(-c6cccc(-c7cccc8c7sc7ccccc78)c6)c5)cc4c3cc21. The van der Waals surface area contributed by atoms with Crippen LogP contribution in [0.15, 0.2) is 158 Å². The predicted molar refractivity (Wildman–Crippen MR) is 208 cm³/mol. The monoisotopic (exact) mass is 628 g/mol. The number of rotatable bonds is 3. The maximum atomic E-state index is 2.47. The van der Waals surface area contributed by atoms with E-state index in [1.807, 2.05) is 11.3 Å². The molecule has 1 heterocycles. The highest BCUT2D eigenvalue weighted by Gasteiger charge is 2.35. The van der Waals surface area contributed by atoms with Gasteiger partial charge in [-0.2, -0.15) is 0 Å². The highest BCUT2D eigenvalue weighted by atomic mass is 32.1. The normalized spacial score (nSPS) is 13.4. The van der Waals surface area contributed by atoms with Crippen LogP contribution < -0.4 is 0 Å². The lowest BCUT2D eigenvalue weighted by Crippen LogP contribution is -2.14. The number of hydrogen-bond acceptors (Lipinski definition) is 1. The third-order valence-corrected chi connectivity index (χ3v) is 11.9. The Hall–Kier alpha value is -5.50. The summed E-state index contributed by atoms with van der Waals surface area (Å²) in [4.78, 5) is 0. The smallest absolute Gasteiger partial charge is 0.0433 e. The summed E-state index contributed by atoms with van der Waals surface area (Å²) in [5.41, 5.74) is 13.0. The molecule has 10 rings (SSSR count). The first-order valence-electron chi connectivity index (χ1n) is 16.8. The summed E-state index contributed by atoms with van der Waals surface area (Å²) in [5.74, 6) is 0. The highest BCUT2D eigenvalue weighted by molar-refractivity contribution is 7.26. The Morgan fingerprint density at radius 1 is 0.375 bits per heavy atom. The van der Waals surface area contributed by atoms with E-state index in [2.05, 4.69) is 172 Å². The topological polar surface area (TPSA) is 0 Å². The van der Waals surface area contributed by atoms with Crippen LogP contribution in [0.25, 0.3) is 86.2 Å². The quantitative estimate of drug-likeness (QED) is 0.171. The van der Waals surface area contributed by atoms with Gasteiger partial charge in [0.15, 0.2) is 0 Å². The first-order chi connectivity index (χ1) is 23.5. The maximum absolute atomic E-state index is 2.47. The van der Waals surface area contributed by atoms with Crippen molar-refractivity contribution < 1.29 is 0 Å². The van der Waals surface area contributed by atoms with Gasteiger partial charge in [0.25, 0.3) is 0 Å². The number of benzene rings is 8. The van der Waals surface area contributed by atoms with E-state index in [0.717, 1.165) is 0 Å². The Bertz CT molecular complexity index is 2760. The lowest BCUT2D eigenvalue weighted by Gasteiger charge is -2.22. The van der Waals surface area contributed by atoms with E-state index in [0.29, 0.717) is 0 Å². The molecule has 1 aromatic heterocycles. The maximum Gasteiger partial charge on any atom is 0.0433 e. The van der Waals surface area contributed by atoms with Crippen LogP contribution in [0, 0.1) is 0 Å². The zero-order valence-corrected chi connectivity index (χ0v) is 27.7. The molecule has 0 unspecified atom stereocenters. The van der Waals surface area contributed by atoms with Gasteiger partial charge < -0.3 is 0 Å². The molecular formula is C47H32S. The molecule has 0 saturated carbocycles. The van der Waals surface area contributed by atoms with Crippen LogP contribution in [0.5, 0.6) is 0 Å². The van der Waals surface area contributed by atoms with Crippen molar-refractivity contribution in [1.82, 2.24) is 0 Å². The molecule has 0 nitrogen and oxygen atoms in total. The molecule has 1 heteroatoms. The summed E-state index contributed by atoms with van der Waals surface area (Å²) >= 11 is 1.89. The molecule has 0 spiro atoms. The van der Waals surface area contributed by atoms with Gasteiger partial charge in [0.1, 0.15) is 0 Å². The largest absolute Gasteiger partial charge is 0.135 e. The molecule has 9 aromatic rings. The standard InChI is InChI=1S/C47H32S/c1-47(2)43-18-5-3-14-37(43)42-27-35-23-21-29-20-22-33(26-40(29)41(35)28-44(42)47)31-11-7-10-30(24-31)32-12-8-13-34(25-32)36-16-9-17-39-38-15-4-6-19-45(38)48-46(36)39/h3-28H,1-2H3. The highest BCUT2D eigenvalue weighted by Crippen LogP contribution is 2.50. The van der Waals surface area contributed by atoms with E-state index < -0.39 is 0 Å². The molecule has 48 heavy (non-hydrogen) atoms. The molecule has 1 aliphatic rings.